The molecule has 2 heterocycles. The molecule has 2 rings (SSSR count). The van der Waals surface area contributed by atoms with E-state index >= 15 is 0 Å². The van der Waals surface area contributed by atoms with Crippen molar-refractivity contribution in [2.75, 3.05) is 19.6 Å². The lowest BCUT2D eigenvalue weighted by Gasteiger charge is -2.15. The van der Waals surface area contributed by atoms with Crippen molar-refractivity contribution in [3.63, 3.8) is 0 Å². The Morgan fingerprint density at radius 2 is 2.00 bits per heavy atom. The van der Waals surface area contributed by atoms with Gasteiger partial charge >= 0.3 is 0 Å². The molecule has 0 spiro atoms. The number of carbonyl (C=O) groups is 1. The number of thiophene rings is 1. The number of nitrogens with zero attached hydrogens (tertiary/aromatic N) is 1. The Balaban J connectivity index is 1.68. The van der Waals surface area contributed by atoms with Crippen molar-refractivity contribution in [2.45, 2.75) is 52.0 Å². The first kappa shape index (κ1) is 15.5. The predicted molar refractivity (Wildman–Crippen MR) is 85.2 cm³/mol. The smallest absolute Gasteiger partial charge is 0.223 e. The third-order valence-corrected chi connectivity index (χ3v) is 5.19. The number of rotatable bonds is 5. The zero-order valence-electron chi connectivity index (χ0n) is 12.9. The number of hydrogen-bond donors (Lipinski definition) is 1. The SMILES string of the molecule is CC(C)(C)c1ccc(CNCCC(=O)N2CCCC2)s1. The van der Waals surface area contributed by atoms with Crippen molar-refractivity contribution in [1.82, 2.24) is 10.2 Å². The average Bonchev–Trinajstić information content (AvgIpc) is 3.04. The third-order valence-electron chi connectivity index (χ3n) is 3.67. The summed E-state index contributed by atoms with van der Waals surface area (Å²) in [5.74, 6) is 0.302. The van der Waals surface area contributed by atoms with E-state index in [-0.39, 0.29) is 5.41 Å². The molecule has 0 aliphatic carbocycles. The van der Waals surface area contributed by atoms with Gasteiger partial charge in [0, 0.05) is 42.4 Å². The van der Waals surface area contributed by atoms with E-state index in [1.165, 1.54) is 22.6 Å². The molecule has 1 saturated heterocycles. The van der Waals surface area contributed by atoms with Crippen LogP contribution in [0.25, 0.3) is 0 Å². The number of hydrogen-bond acceptors (Lipinski definition) is 3. The Hall–Kier alpha value is -0.870. The summed E-state index contributed by atoms with van der Waals surface area (Å²) in [7, 11) is 0. The van der Waals surface area contributed by atoms with Crippen LogP contribution in [-0.4, -0.2) is 30.4 Å². The quantitative estimate of drug-likeness (QED) is 0.846. The molecule has 20 heavy (non-hydrogen) atoms. The zero-order valence-corrected chi connectivity index (χ0v) is 13.7. The van der Waals surface area contributed by atoms with Gasteiger partial charge in [0.05, 0.1) is 0 Å². The second kappa shape index (κ2) is 6.72. The van der Waals surface area contributed by atoms with Gasteiger partial charge in [0.1, 0.15) is 0 Å². The van der Waals surface area contributed by atoms with Crippen LogP contribution < -0.4 is 5.32 Å². The largest absolute Gasteiger partial charge is 0.343 e. The van der Waals surface area contributed by atoms with Gasteiger partial charge in [-0.05, 0) is 30.4 Å². The van der Waals surface area contributed by atoms with E-state index in [2.05, 4.69) is 38.2 Å². The van der Waals surface area contributed by atoms with Gasteiger partial charge in [0.25, 0.3) is 0 Å². The van der Waals surface area contributed by atoms with Crippen LogP contribution in [0.15, 0.2) is 12.1 Å². The summed E-state index contributed by atoms with van der Waals surface area (Å²) in [5.41, 5.74) is 0.231. The average molecular weight is 294 g/mol. The van der Waals surface area contributed by atoms with Gasteiger partial charge in [-0.1, -0.05) is 20.8 Å². The fraction of sp³-hybridized carbons (Fsp3) is 0.688. The van der Waals surface area contributed by atoms with Gasteiger partial charge in [-0.3, -0.25) is 4.79 Å². The van der Waals surface area contributed by atoms with Gasteiger partial charge in [0.15, 0.2) is 0 Å². The van der Waals surface area contributed by atoms with Crippen LogP contribution in [0.4, 0.5) is 0 Å². The van der Waals surface area contributed by atoms with E-state index in [0.717, 1.165) is 26.2 Å². The maximum Gasteiger partial charge on any atom is 0.223 e. The minimum atomic E-state index is 0.231. The van der Waals surface area contributed by atoms with Crippen LogP contribution in [0.1, 0.15) is 49.8 Å². The summed E-state index contributed by atoms with van der Waals surface area (Å²) in [5, 5.41) is 3.38. The summed E-state index contributed by atoms with van der Waals surface area (Å²) in [4.78, 5) is 16.6. The van der Waals surface area contributed by atoms with E-state index in [0.29, 0.717) is 12.3 Å². The van der Waals surface area contributed by atoms with Crippen molar-refractivity contribution < 1.29 is 4.79 Å². The number of likely N-dealkylation sites (tertiary alicyclic amines) is 1. The molecule has 0 atom stereocenters. The van der Waals surface area contributed by atoms with Crippen LogP contribution in [0.3, 0.4) is 0 Å². The molecule has 0 bridgehead atoms. The molecule has 112 valence electrons. The molecule has 4 heteroatoms. The Kier molecular flexibility index (Phi) is 5.22. The van der Waals surface area contributed by atoms with E-state index < -0.39 is 0 Å². The highest BCUT2D eigenvalue weighted by Crippen LogP contribution is 2.29. The molecule has 1 aliphatic heterocycles. The normalized spacial score (nSPS) is 15.8. The Labute approximate surface area is 126 Å². The van der Waals surface area contributed by atoms with Gasteiger partial charge < -0.3 is 10.2 Å². The van der Waals surface area contributed by atoms with Crippen LogP contribution in [0, 0.1) is 0 Å². The summed E-state index contributed by atoms with van der Waals surface area (Å²) in [6, 6.07) is 4.41. The Morgan fingerprint density at radius 1 is 1.30 bits per heavy atom. The van der Waals surface area contributed by atoms with E-state index in [1.54, 1.807) is 0 Å². The topological polar surface area (TPSA) is 32.3 Å². The second-order valence-corrected chi connectivity index (χ2v) is 7.70. The highest BCUT2D eigenvalue weighted by atomic mass is 32.1. The van der Waals surface area contributed by atoms with Crippen molar-refractivity contribution in [3.05, 3.63) is 21.9 Å². The first-order valence-corrected chi connectivity index (χ1v) is 8.36. The molecular formula is C16H26N2OS. The zero-order chi connectivity index (χ0) is 14.6. The summed E-state index contributed by atoms with van der Waals surface area (Å²) < 4.78 is 0. The third kappa shape index (κ3) is 4.32. The standard InChI is InChI=1S/C16H26N2OS/c1-16(2,3)14-7-6-13(20-14)12-17-9-8-15(19)18-10-4-5-11-18/h6-7,17H,4-5,8-12H2,1-3H3. The molecule has 1 aliphatic rings. The lowest BCUT2D eigenvalue weighted by atomic mass is 9.95. The first-order chi connectivity index (χ1) is 9.47. The number of nitrogens with one attached hydrogen (secondary N) is 1. The van der Waals surface area contributed by atoms with Crippen LogP contribution in [0.5, 0.6) is 0 Å². The van der Waals surface area contributed by atoms with Crippen molar-refractivity contribution in [3.8, 4) is 0 Å². The molecule has 1 fully saturated rings. The Morgan fingerprint density at radius 3 is 2.60 bits per heavy atom. The summed E-state index contributed by atoms with van der Waals surface area (Å²) >= 11 is 1.87. The predicted octanol–water partition coefficient (Wildman–Crippen LogP) is 3.15. The molecule has 0 radical (unpaired) electrons. The molecule has 1 aromatic heterocycles. The van der Waals surface area contributed by atoms with Crippen molar-refractivity contribution in [2.24, 2.45) is 0 Å². The fourth-order valence-electron chi connectivity index (χ4n) is 2.41. The van der Waals surface area contributed by atoms with E-state index in [4.69, 9.17) is 0 Å². The molecule has 0 saturated carbocycles. The maximum atomic E-state index is 11.9. The first-order valence-electron chi connectivity index (χ1n) is 7.54. The lowest BCUT2D eigenvalue weighted by Crippen LogP contribution is -2.30. The maximum absolute atomic E-state index is 11.9. The Bertz CT molecular complexity index is 442. The summed E-state index contributed by atoms with van der Waals surface area (Å²) in [6.07, 6.45) is 2.96. The fourth-order valence-corrected chi connectivity index (χ4v) is 3.44. The molecule has 1 aromatic rings. The van der Waals surface area contributed by atoms with Crippen LogP contribution in [-0.2, 0) is 16.8 Å². The highest BCUT2D eigenvalue weighted by Gasteiger charge is 2.17. The van der Waals surface area contributed by atoms with Crippen molar-refractivity contribution >= 4 is 17.2 Å². The molecular weight excluding hydrogens is 268 g/mol. The molecule has 0 unspecified atom stereocenters. The van der Waals surface area contributed by atoms with Gasteiger partial charge in [-0.25, -0.2) is 0 Å². The molecule has 3 nitrogen and oxygen atoms in total. The minimum Gasteiger partial charge on any atom is -0.343 e. The van der Waals surface area contributed by atoms with E-state index in [1.807, 2.05) is 16.2 Å². The minimum absolute atomic E-state index is 0.231. The van der Waals surface area contributed by atoms with Crippen molar-refractivity contribution in [1.29, 1.82) is 0 Å². The summed E-state index contributed by atoms with van der Waals surface area (Å²) in [6.45, 7) is 10.3. The van der Waals surface area contributed by atoms with Gasteiger partial charge in [0.2, 0.25) is 5.91 Å². The highest BCUT2D eigenvalue weighted by molar-refractivity contribution is 7.12. The van der Waals surface area contributed by atoms with E-state index in [9.17, 15) is 4.79 Å². The van der Waals surface area contributed by atoms with Crippen LogP contribution >= 0.6 is 11.3 Å². The van der Waals surface area contributed by atoms with Crippen LogP contribution in [0.2, 0.25) is 0 Å². The van der Waals surface area contributed by atoms with Gasteiger partial charge in [-0.2, -0.15) is 0 Å². The molecule has 1 amide bonds. The number of carbonyl (C=O) groups excluding carboxylic acids is 1. The lowest BCUT2D eigenvalue weighted by molar-refractivity contribution is -0.130. The monoisotopic (exact) mass is 294 g/mol. The number of amides is 1. The second-order valence-electron chi connectivity index (χ2n) is 6.53. The van der Waals surface area contributed by atoms with Gasteiger partial charge in [-0.15, -0.1) is 11.3 Å². The molecule has 1 N–H and O–H groups in total. The molecule has 0 aromatic carbocycles.